The first-order valence-corrected chi connectivity index (χ1v) is 8.01. The maximum Gasteiger partial charge on any atom is 0.239 e. The number of rotatable bonds is 5. The van der Waals surface area contributed by atoms with Crippen LogP contribution in [0.15, 0.2) is 22.0 Å². The highest BCUT2D eigenvalue weighted by Crippen LogP contribution is 2.21. The molecule has 2 aromatic heterocycles. The highest BCUT2D eigenvalue weighted by molar-refractivity contribution is 7.13. The summed E-state index contributed by atoms with van der Waals surface area (Å²) in [6, 6.07) is 3.87. The first-order valence-electron chi connectivity index (χ1n) is 7.13. The predicted octanol–water partition coefficient (Wildman–Crippen LogP) is 1.08. The number of aromatic nitrogens is 2. The van der Waals surface area contributed by atoms with E-state index < -0.39 is 0 Å². The number of amides is 2. The molecular weight excluding hydrogens is 304 g/mol. The molecule has 7 nitrogen and oxygen atoms in total. The van der Waals surface area contributed by atoms with E-state index in [1.54, 1.807) is 16.2 Å². The fourth-order valence-electron chi connectivity index (χ4n) is 2.26. The van der Waals surface area contributed by atoms with Crippen LogP contribution < -0.4 is 5.32 Å². The molecule has 8 heteroatoms. The predicted molar refractivity (Wildman–Crippen MR) is 80.1 cm³/mol. The lowest BCUT2D eigenvalue weighted by atomic mass is 10.2. The summed E-state index contributed by atoms with van der Waals surface area (Å²) in [5, 5.41) is 8.59. The van der Waals surface area contributed by atoms with Gasteiger partial charge in [0.2, 0.25) is 23.5 Å². The maximum absolute atomic E-state index is 12.0. The molecule has 1 aliphatic heterocycles. The highest BCUT2D eigenvalue weighted by atomic mass is 32.1. The molecule has 0 aromatic carbocycles. The van der Waals surface area contributed by atoms with Gasteiger partial charge in [-0.1, -0.05) is 11.2 Å². The molecule has 2 amide bonds. The molecule has 0 spiro atoms. The molecule has 0 unspecified atom stereocenters. The van der Waals surface area contributed by atoms with Crippen molar-refractivity contribution in [3.63, 3.8) is 0 Å². The summed E-state index contributed by atoms with van der Waals surface area (Å²) in [7, 11) is 0. The molecule has 1 aliphatic rings. The molecule has 0 radical (unpaired) electrons. The molecule has 3 heterocycles. The van der Waals surface area contributed by atoms with Gasteiger partial charge in [-0.15, -0.1) is 11.3 Å². The number of hydrogen-bond acceptors (Lipinski definition) is 6. The lowest BCUT2D eigenvalue weighted by Gasteiger charge is -2.26. The van der Waals surface area contributed by atoms with Crippen LogP contribution in [-0.4, -0.2) is 46.5 Å². The van der Waals surface area contributed by atoms with Crippen molar-refractivity contribution in [2.24, 2.45) is 0 Å². The second-order valence-electron chi connectivity index (χ2n) is 5.01. The molecule has 0 saturated carbocycles. The van der Waals surface area contributed by atoms with Crippen molar-refractivity contribution in [2.75, 3.05) is 19.6 Å². The number of carbonyl (C=O) groups excluding carboxylic acids is 2. The Morgan fingerprint density at radius 2 is 2.41 bits per heavy atom. The van der Waals surface area contributed by atoms with Crippen molar-refractivity contribution in [1.29, 1.82) is 0 Å². The van der Waals surface area contributed by atoms with E-state index >= 15 is 0 Å². The van der Waals surface area contributed by atoms with E-state index in [9.17, 15) is 9.59 Å². The van der Waals surface area contributed by atoms with Gasteiger partial charge in [-0.05, 0) is 17.9 Å². The van der Waals surface area contributed by atoms with Crippen LogP contribution in [-0.2, 0) is 16.0 Å². The van der Waals surface area contributed by atoms with E-state index in [0.29, 0.717) is 44.1 Å². The Hall–Kier alpha value is -2.22. The van der Waals surface area contributed by atoms with Crippen molar-refractivity contribution >= 4 is 23.2 Å². The van der Waals surface area contributed by atoms with Gasteiger partial charge < -0.3 is 14.7 Å². The van der Waals surface area contributed by atoms with E-state index in [0.717, 1.165) is 4.88 Å². The lowest BCUT2D eigenvalue weighted by Crippen LogP contribution is -2.49. The number of hydrogen-bond donors (Lipinski definition) is 1. The quantitative estimate of drug-likeness (QED) is 0.890. The zero-order valence-electron chi connectivity index (χ0n) is 11.9. The van der Waals surface area contributed by atoms with Crippen molar-refractivity contribution in [1.82, 2.24) is 20.4 Å². The second-order valence-corrected chi connectivity index (χ2v) is 5.96. The highest BCUT2D eigenvalue weighted by Gasteiger charge is 2.20. The Kier molecular flexibility index (Phi) is 4.47. The van der Waals surface area contributed by atoms with Crippen molar-refractivity contribution < 1.29 is 14.1 Å². The summed E-state index contributed by atoms with van der Waals surface area (Å²) in [4.78, 5) is 30.1. The molecule has 116 valence electrons. The monoisotopic (exact) mass is 320 g/mol. The minimum atomic E-state index is -0.0999. The third-order valence-electron chi connectivity index (χ3n) is 3.38. The lowest BCUT2D eigenvalue weighted by molar-refractivity contribution is -0.138. The Labute approximate surface area is 131 Å². The molecule has 22 heavy (non-hydrogen) atoms. The van der Waals surface area contributed by atoms with E-state index in [2.05, 4.69) is 15.5 Å². The van der Waals surface area contributed by atoms with Gasteiger partial charge in [0, 0.05) is 25.9 Å². The SMILES string of the molecule is O=C1CN(C(=O)CCCc2nc(-c3cccs3)no2)CCN1. The number of nitrogens with one attached hydrogen (secondary N) is 1. The number of nitrogens with zero attached hydrogens (tertiary/aromatic N) is 3. The Bertz CT molecular complexity index is 653. The van der Waals surface area contributed by atoms with Gasteiger partial charge in [-0.25, -0.2) is 0 Å². The Balaban J connectivity index is 1.47. The maximum atomic E-state index is 12.0. The van der Waals surface area contributed by atoms with Gasteiger partial charge in [0.1, 0.15) is 0 Å². The summed E-state index contributed by atoms with van der Waals surface area (Å²) in [5.74, 6) is 1.02. The van der Waals surface area contributed by atoms with Crippen molar-refractivity contribution in [2.45, 2.75) is 19.3 Å². The third kappa shape index (κ3) is 3.51. The molecule has 2 aromatic rings. The second kappa shape index (κ2) is 6.69. The van der Waals surface area contributed by atoms with Crippen LogP contribution in [0, 0.1) is 0 Å². The average Bonchev–Trinajstić information content (AvgIpc) is 3.18. The van der Waals surface area contributed by atoms with Crippen LogP contribution in [0.2, 0.25) is 0 Å². The van der Waals surface area contributed by atoms with E-state index in [1.807, 2.05) is 17.5 Å². The standard InChI is InChI=1S/C14H16N4O3S/c19-11-9-18(7-6-15-11)13(20)5-1-4-12-16-14(17-21-12)10-3-2-8-22-10/h2-3,8H,1,4-7,9H2,(H,15,19). The minimum Gasteiger partial charge on any atom is -0.353 e. The van der Waals surface area contributed by atoms with Gasteiger partial charge in [0.05, 0.1) is 11.4 Å². The summed E-state index contributed by atoms with van der Waals surface area (Å²) in [5.41, 5.74) is 0. The fraction of sp³-hybridized carbons (Fsp3) is 0.429. The van der Waals surface area contributed by atoms with Gasteiger partial charge in [0.15, 0.2) is 0 Å². The first kappa shape index (κ1) is 14.7. The van der Waals surface area contributed by atoms with Gasteiger partial charge >= 0.3 is 0 Å². The molecule has 3 rings (SSSR count). The van der Waals surface area contributed by atoms with Gasteiger partial charge in [0.25, 0.3) is 0 Å². The molecule has 0 aliphatic carbocycles. The summed E-state index contributed by atoms with van der Waals surface area (Å²) in [6.45, 7) is 1.26. The molecule has 1 saturated heterocycles. The van der Waals surface area contributed by atoms with Crippen LogP contribution in [0.25, 0.3) is 10.7 Å². The fourth-order valence-corrected chi connectivity index (χ4v) is 2.91. The van der Waals surface area contributed by atoms with E-state index in [-0.39, 0.29) is 18.4 Å². The Morgan fingerprint density at radius 1 is 1.50 bits per heavy atom. The third-order valence-corrected chi connectivity index (χ3v) is 4.25. The van der Waals surface area contributed by atoms with Gasteiger partial charge in [-0.2, -0.15) is 4.98 Å². The largest absolute Gasteiger partial charge is 0.353 e. The first-order chi connectivity index (χ1) is 10.7. The number of thiophene rings is 1. The van der Waals surface area contributed by atoms with E-state index in [1.165, 1.54) is 0 Å². The van der Waals surface area contributed by atoms with Crippen LogP contribution in [0.5, 0.6) is 0 Å². The summed E-state index contributed by atoms with van der Waals surface area (Å²) < 4.78 is 5.19. The molecule has 0 bridgehead atoms. The molecular formula is C14H16N4O3S. The van der Waals surface area contributed by atoms with Crippen LogP contribution in [0.4, 0.5) is 0 Å². The topological polar surface area (TPSA) is 88.3 Å². The minimum absolute atomic E-state index is 0.00662. The average molecular weight is 320 g/mol. The zero-order chi connectivity index (χ0) is 15.4. The van der Waals surface area contributed by atoms with Crippen molar-refractivity contribution in [3.05, 3.63) is 23.4 Å². The molecule has 1 N–H and O–H groups in total. The smallest absolute Gasteiger partial charge is 0.239 e. The molecule has 0 atom stereocenters. The zero-order valence-corrected chi connectivity index (χ0v) is 12.8. The van der Waals surface area contributed by atoms with Crippen LogP contribution in [0.3, 0.4) is 0 Å². The van der Waals surface area contributed by atoms with E-state index in [4.69, 9.17) is 4.52 Å². The molecule has 1 fully saturated rings. The van der Waals surface area contributed by atoms with Crippen LogP contribution in [0.1, 0.15) is 18.7 Å². The summed E-state index contributed by atoms with van der Waals surface area (Å²) >= 11 is 1.55. The van der Waals surface area contributed by atoms with Crippen LogP contribution >= 0.6 is 11.3 Å². The Morgan fingerprint density at radius 3 is 3.18 bits per heavy atom. The van der Waals surface area contributed by atoms with Crippen molar-refractivity contribution in [3.8, 4) is 10.7 Å². The normalized spacial score (nSPS) is 14.9. The number of piperazine rings is 1. The number of aryl methyl sites for hydroxylation is 1. The van der Waals surface area contributed by atoms with Gasteiger partial charge in [-0.3, -0.25) is 9.59 Å². The summed E-state index contributed by atoms with van der Waals surface area (Å²) in [6.07, 6.45) is 1.57. The number of carbonyl (C=O) groups is 2.